The van der Waals surface area contributed by atoms with Crippen LogP contribution in [-0.2, 0) is 9.47 Å². The largest absolute Gasteiger partial charge is 0.444 e. The van der Waals surface area contributed by atoms with E-state index in [9.17, 15) is 23.9 Å². The number of rotatable bonds is 10. The molecule has 10 nitrogen and oxygen atoms in total. The number of aromatic nitrogens is 1. The fourth-order valence-electron chi connectivity index (χ4n) is 4.38. The minimum absolute atomic E-state index is 0.0149. The fourth-order valence-corrected chi connectivity index (χ4v) is 4.38. The monoisotopic (exact) mass is 584 g/mol. The van der Waals surface area contributed by atoms with Crippen LogP contribution in [0.2, 0.25) is 0 Å². The molecule has 3 amide bonds. The average Bonchev–Trinajstić information content (AvgIpc) is 3.26. The Morgan fingerprint density at radius 2 is 1.55 bits per heavy atom. The maximum Gasteiger partial charge on any atom is 0.407 e. The van der Waals surface area contributed by atoms with Crippen LogP contribution in [-0.4, -0.2) is 65.1 Å². The molecule has 11 heteroatoms. The highest BCUT2D eigenvalue weighted by atomic mass is 19.1. The van der Waals surface area contributed by atoms with Gasteiger partial charge in [0.05, 0.1) is 0 Å². The van der Waals surface area contributed by atoms with Gasteiger partial charge in [-0.1, -0.05) is 30.3 Å². The molecular formula is C31H41FN4O6. The van der Waals surface area contributed by atoms with Crippen LogP contribution in [0.25, 0.3) is 22.0 Å². The van der Waals surface area contributed by atoms with Crippen LogP contribution in [0, 0.1) is 11.7 Å². The first-order valence-electron chi connectivity index (χ1n) is 13.9. The maximum atomic E-state index is 14.2. The second kappa shape index (κ2) is 13.7. The van der Waals surface area contributed by atoms with Gasteiger partial charge in [0, 0.05) is 48.1 Å². The van der Waals surface area contributed by atoms with E-state index in [1.165, 1.54) is 12.1 Å². The molecule has 0 spiro atoms. The Morgan fingerprint density at radius 3 is 2.17 bits per heavy atom. The zero-order valence-electron chi connectivity index (χ0n) is 25.0. The van der Waals surface area contributed by atoms with E-state index >= 15 is 0 Å². The van der Waals surface area contributed by atoms with Crippen molar-refractivity contribution in [3.63, 3.8) is 0 Å². The quantitative estimate of drug-likeness (QED) is 0.224. The van der Waals surface area contributed by atoms with Gasteiger partial charge >= 0.3 is 12.2 Å². The summed E-state index contributed by atoms with van der Waals surface area (Å²) in [7, 11) is 0. The van der Waals surface area contributed by atoms with E-state index in [0.717, 1.165) is 5.56 Å². The summed E-state index contributed by atoms with van der Waals surface area (Å²) >= 11 is 0. The first-order chi connectivity index (χ1) is 19.6. The molecule has 0 aliphatic rings. The number of hydrogen-bond acceptors (Lipinski definition) is 6. The van der Waals surface area contributed by atoms with Gasteiger partial charge in [-0.05, 0) is 71.7 Å². The van der Waals surface area contributed by atoms with E-state index in [1.54, 1.807) is 47.6 Å². The number of ether oxygens (including phenoxy) is 2. The first kappa shape index (κ1) is 32.4. The molecule has 3 rings (SSSR count). The summed E-state index contributed by atoms with van der Waals surface area (Å²) in [5.41, 5.74) is 0.680. The number of carbonyl (C=O) groups is 3. The van der Waals surface area contributed by atoms with Crippen LogP contribution in [0.15, 0.2) is 48.5 Å². The molecule has 3 aromatic rings. The number of amides is 3. The minimum Gasteiger partial charge on any atom is -0.444 e. The summed E-state index contributed by atoms with van der Waals surface area (Å²) in [5, 5.41) is 18.8. The molecular weight excluding hydrogens is 543 g/mol. The lowest BCUT2D eigenvalue weighted by Gasteiger charge is -2.27. The molecule has 5 N–H and O–H groups in total. The summed E-state index contributed by atoms with van der Waals surface area (Å²) in [4.78, 5) is 41.4. The Kier molecular flexibility index (Phi) is 10.6. The normalized spacial score (nSPS) is 13.2. The van der Waals surface area contributed by atoms with Crippen LogP contribution in [0.3, 0.4) is 0 Å². The SMILES string of the molecule is CC(C)(C)OC(=O)NCC(CO)C[C@H](CNC(=O)c1[nH]c2ccc(F)cc2c1-c1ccccc1)NC(=O)OC(C)(C)C. The van der Waals surface area contributed by atoms with Gasteiger partial charge < -0.3 is 35.5 Å². The Labute approximate surface area is 245 Å². The number of hydrogen-bond donors (Lipinski definition) is 5. The Balaban J connectivity index is 1.80. The topological polar surface area (TPSA) is 142 Å². The number of aliphatic hydroxyl groups excluding tert-OH is 1. The first-order valence-corrected chi connectivity index (χ1v) is 13.9. The van der Waals surface area contributed by atoms with Crippen molar-refractivity contribution < 1.29 is 33.4 Å². The number of halogens is 1. The zero-order valence-corrected chi connectivity index (χ0v) is 25.0. The highest BCUT2D eigenvalue weighted by Crippen LogP contribution is 2.33. The van der Waals surface area contributed by atoms with E-state index in [4.69, 9.17) is 9.47 Å². The molecule has 2 aromatic carbocycles. The van der Waals surface area contributed by atoms with Crippen LogP contribution in [0.5, 0.6) is 0 Å². The molecule has 1 heterocycles. The van der Waals surface area contributed by atoms with E-state index in [-0.39, 0.29) is 31.8 Å². The fraction of sp³-hybridized carbons (Fsp3) is 0.452. The van der Waals surface area contributed by atoms with Crippen molar-refractivity contribution in [3.05, 3.63) is 60.0 Å². The van der Waals surface area contributed by atoms with Gasteiger partial charge in [-0.2, -0.15) is 0 Å². The lowest BCUT2D eigenvalue weighted by Crippen LogP contribution is -2.47. The number of alkyl carbamates (subject to hydrolysis) is 2. The predicted molar refractivity (Wildman–Crippen MR) is 159 cm³/mol. The number of aliphatic hydroxyl groups is 1. The molecule has 0 aliphatic carbocycles. The summed E-state index contributed by atoms with van der Waals surface area (Å²) in [6.07, 6.45) is -1.12. The molecule has 0 aliphatic heterocycles. The zero-order chi connectivity index (χ0) is 31.1. The van der Waals surface area contributed by atoms with Crippen molar-refractivity contribution in [1.29, 1.82) is 0 Å². The lowest BCUT2D eigenvalue weighted by atomic mass is 9.99. The molecule has 228 valence electrons. The highest BCUT2D eigenvalue weighted by molar-refractivity contribution is 6.09. The van der Waals surface area contributed by atoms with Crippen molar-refractivity contribution in [2.24, 2.45) is 5.92 Å². The van der Waals surface area contributed by atoms with Gasteiger partial charge in [-0.3, -0.25) is 4.79 Å². The molecule has 0 saturated heterocycles. The molecule has 2 atom stereocenters. The summed E-state index contributed by atoms with van der Waals surface area (Å²) in [6, 6.07) is 12.8. The van der Waals surface area contributed by atoms with Gasteiger partial charge in [0.15, 0.2) is 0 Å². The third-order valence-corrected chi connectivity index (χ3v) is 6.09. The van der Waals surface area contributed by atoms with Crippen LogP contribution in [0.4, 0.5) is 14.0 Å². The van der Waals surface area contributed by atoms with Gasteiger partial charge in [0.25, 0.3) is 5.91 Å². The van der Waals surface area contributed by atoms with Crippen LogP contribution >= 0.6 is 0 Å². The molecule has 0 radical (unpaired) electrons. The molecule has 0 fully saturated rings. The third kappa shape index (κ3) is 9.76. The van der Waals surface area contributed by atoms with Crippen molar-refractivity contribution in [2.45, 2.75) is 65.2 Å². The van der Waals surface area contributed by atoms with Crippen molar-refractivity contribution in [3.8, 4) is 11.1 Å². The smallest absolute Gasteiger partial charge is 0.407 e. The van der Waals surface area contributed by atoms with E-state index in [2.05, 4.69) is 20.9 Å². The Morgan fingerprint density at radius 1 is 0.905 bits per heavy atom. The number of aromatic amines is 1. The lowest BCUT2D eigenvalue weighted by molar-refractivity contribution is 0.0466. The second-order valence-electron chi connectivity index (χ2n) is 12.2. The number of fused-ring (bicyclic) bond motifs is 1. The molecule has 0 saturated carbocycles. The molecule has 42 heavy (non-hydrogen) atoms. The molecule has 1 unspecified atom stereocenters. The summed E-state index contributed by atoms with van der Waals surface area (Å²) in [5.74, 6) is -1.36. The minimum atomic E-state index is -0.753. The predicted octanol–water partition coefficient (Wildman–Crippen LogP) is 5.12. The van der Waals surface area contributed by atoms with Gasteiger partial charge in [0.2, 0.25) is 0 Å². The highest BCUT2D eigenvalue weighted by Gasteiger charge is 2.26. The van der Waals surface area contributed by atoms with Crippen molar-refractivity contribution >= 4 is 29.0 Å². The van der Waals surface area contributed by atoms with Crippen LogP contribution < -0.4 is 16.0 Å². The third-order valence-electron chi connectivity index (χ3n) is 6.09. The number of nitrogens with one attached hydrogen (secondary N) is 4. The van der Waals surface area contributed by atoms with E-state index in [1.807, 2.05) is 30.3 Å². The number of carbonyl (C=O) groups excluding carboxylic acids is 3. The molecule has 0 bridgehead atoms. The van der Waals surface area contributed by atoms with E-state index in [0.29, 0.717) is 16.5 Å². The van der Waals surface area contributed by atoms with Crippen molar-refractivity contribution in [2.75, 3.05) is 19.7 Å². The summed E-state index contributed by atoms with van der Waals surface area (Å²) < 4.78 is 24.8. The average molecular weight is 585 g/mol. The van der Waals surface area contributed by atoms with Gasteiger partial charge in [-0.15, -0.1) is 0 Å². The van der Waals surface area contributed by atoms with Gasteiger partial charge in [0.1, 0.15) is 22.7 Å². The second-order valence-corrected chi connectivity index (χ2v) is 12.2. The standard InChI is InChI=1S/C31H41FN4O6/c1-30(2,3)41-28(39)34-16-19(18-37)14-22(35-29(40)42-31(4,5)6)17-33-27(38)26-25(20-10-8-7-9-11-20)23-15-21(32)12-13-24(23)36-26/h7-13,15,19,22,36-37H,14,16-18H2,1-6H3,(H,33,38)(H,34,39)(H,35,40)/t19?,22-/m1/s1. The summed E-state index contributed by atoms with van der Waals surface area (Å²) in [6.45, 7) is 10.2. The van der Waals surface area contributed by atoms with Crippen molar-refractivity contribution in [1.82, 2.24) is 20.9 Å². The Bertz CT molecular complexity index is 1380. The van der Waals surface area contributed by atoms with Crippen LogP contribution in [0.1, 0.15) is 58.5 Å². The molecule has 1 aromatic heterocycles. The number of benzene rings is 2. The van der Waals surface area contributed by atoms with E-state index < -0.39 is 47.1 Å². The Hall–Kier alpha value is -4.12. The maximum absolute atomic E-state index is 14.2. The number of H-pyrrole nitrogens is 1. The van der Waals surface area contributed by atoms with Gasteiger partial charge in [-0.25, -0.2) is 14.0 Å².